The number of hydrogen-bond acceptors (Lipinski definition) is 0. The maximum Gasteiger partial charge on any atom is 2.00 e. The van der Waals surface area contributed by atoms with Gasteiger partial charge in [-0.25, -0.2) is 0 Å². The van der Waals surface area contributed by atoms with Gasteiger partial charge in [-0.15, -0.1) is 0 Å². The minimum Gasteiger partial charge on any atom is -1.00 e. The fourth-order valence-corrected chi connectivity index (χ4v) is 0. The molecule has 0 heterocycles. The van der Waals surface area contributed by atoms with Crippen LogP contribution in [0.15, 0.2) is 0 Å². The summed E-state index contributed by atoms with van der Waals surface area (Å²) in [6.45, 7) is 0. The van der Waals surface area contributed by atoms with Crippen molar-refractivity contribution in [2.24, 2.45) is 0 Å². The molecule has 0 unspecified atom stereocenters. The van der Waals surface area contributed by atoms with Gasteiger partial charge in [0.1, 0.15) is 0 Å². The summed E-state index contributed by atoms with van der Waals surface area (Å²) in [6, 6.07) is 0. The van der Waals surface area contributed by atoms with Crippen molar-refractivity contribution in [1.82, 2.24) is 0 Å². The van der Waals surface area contributed by atoms with Gasteiger partial charge < -0.3 is 23.0 Å². The van der Waals surface area contributed by atoms with Crippen LogP contribution in [0.1, 0.15) is 5.71 Å². The monoisotopic (exact) mass is 203 g/mol. The zero-order valence-electron chi connectivity index (χ0n) is 7.50. The molecule has 40 valence electrons. The summed E-state index contributed by atoms with van der Waals surface area (Å²) in [5, 5.41) is 0. The van der Waals surface area contributed by atoms with Crippen molar-refractivity contribution >= 4 is 75.8 Å². The third kappa shape index (κ3) is 70.8. The van der Waals surface area contributed by atoms with Crippen molar-refractivity contribution in [2.75, 3.05) is 0 Å². The van der Waals surface area contributed by atoms with Crippen LogP contribution in [0.4, 0.5) is 17.3 Å². The Hall–Kier alpha value is 2.03. The fraction of sp³-hybridized carbons (Fsp3) is 0. The van der Waals surface area contributed by atoms with E-state index in [1.807, 2.05) is 0 Å². The predicted octanol–water partition coefficient (Wildman–Crippen LogP) is 0.988. The van der Waals surface area contributed by atoms with E-state index in [9.17, 15) is 17.3 Å². The van der Waals surface area contributed by atoms with Crippen LogP contribution in [0.5, 0.6) is 0 Å². The van der Waals surface area contributed by atoms with Crippen molar-refractivity contribution in [3.8, 4) is 0 Å². The maximum atomic E-state index is 9.75. The Kier molecular flexibility index (Phi) is 14.1. The van der Waals surface area contributed by atoms with Crippen LogP contribution < -0.4 is 0 Å². The van der Waals surface area contributed by atoms with Crippen LogP contribution in [0.2, 0.25) is 0 Å². The van der Waals surface area contributed by atoms with Crippen LogP contribution in [0.3, 0.4) is 0 Å². The molecule has 0 amide bonds. The van der Waals surface area contributed by atoms with Gasteiger partial charge in [-0.05, 0) is 0 Å². The first-order valence-electron chi connectivity index (χ1n) is 0.873. The molecule has 0 spiro atoms. The van der Waals surface area contributed by atoms with Crippen molar-refractivity contribution in [3.05, 3.63) is 0 Å². The molecule has 0 atom stereocenters. The van der Waals surface area contributed by atoms with E-state index in [0.717, 1.165) is 0 Å². The second-order valence-electron chi connectivity index (χ2n) is 0.495. The molecule has 0 saturated carbocycles. The van der Waals surface area contributed by atoms with Crippen molar-refractivity contribution in [2.45, 2.75) is 0 Å². The van der Waals surface area contributed by atoms with Crippen LogP contribution in [0.25, 0.3) is 0 Å². The van der Waals surface area contributed by atoms with Crippen molar-refractivity contribution < 1.29 is 23.0 Å². The molecule has 0 N–H and O–H groups in total. The quantitative estimate of drug-likeness (QED) is 0.406. The smallest absolute Gasteiger partial charge is 1.00 e. The van der Waals surface area contributed by atoms with Gasteiger partial charge in [0.05, 0.1) is 0 Å². The molecule has 7 heteroatoms. The van der Waals surface area contributed by atoms with Crippen LogP contribution in [0, 0.1) is 0 Å². The van der Waals surface area contributed by atoms with Gasteiger partial charge in [0, 0.05) is 0 Å². The minimum absolute atomic E-state index is 0. The molecule has 0 aromatic carbocycles. The van der Waals surface area contributed by atoms with Crippen LogP contribution in [-0.4, -0.2) is 75.8 Å². The molecule has 0 aliphatic rings. The van der Waals surface area contributed by atoms with Gasteiger partial charge in [0.2, 0.25) is 0 Å². The number of rotatable bonds is 0. The van der Waals surface area contributed by atoms with E-state index in [1.165, 1.54) is 0 Å². The molecular weight excluding hydrogens is 199 g/mol. The van der Waals surface area contributed by atoms with Crippen molar-refractivity contribution in [1.29, 1.82) is 0 Å². The molecule has 0 aromatic rings. The zero-order chi connectivity index (χ0) is 4.50. The molecule has 0 fully saturated rings. The normalized spacial score (nSPS) is 8.57. The molecule has 0 rings (SSSR count). The summed E-state index contributed by atoms with van der Waals surface area (Å²) >= 11 is 0. The topological polar surface area (TPSA) is 0 Å². The molecular formula is H4BF4MgSr-. The molecule has 0 nitrogen and oxygen atoms in total. The summed E-state index contributed by atoms with van der Waals surface area (Å²) in [5.74, 6) is 0. The Morgan fingerprint density at radius 3 is 1.00 bits per heavy atom. The molecule has 0 radical (unpaired) electrons. The van der Waals surface area contributed by atoms with Gasteiger partial charge >= 0.3 is 75.8 Å². The van der Waals surface area contributed by atoms with Gasteiger partial charge in [-0.2, -0.15) is 0 Å². The van der Waals surface area contributed by atoms with E-state index in [4.69, 9.17) is 0 Å². The maximum absolute atomic E-state index is 9.75. The molecule has 0 aromatic heterocycles. The van der Waals surface area contributed by atoms with Gasteiger partial charge in [-0.3, -0.25) is 0 Å². The largest absolute Gasteiger partial charge is 2.00 e. The molecule has 0 aliphatic carbocycles. The first-order chi connectivity index (χ1) is 2.00. The predicted molar refractivity (Wildman–Crippen MR) is 26.1 cm³/mol. The van der Waals surface area contributed by atoms with E-state index in [-0.39, 0.29) is 74.2 Å². The Labute approximate surface area is 97.5 Å². The summed E-state index contributed by atoms with van der Waals surface area (Å²) < 4.78 is 39.0. The third-order valence-electron chi connectivity index (χ3n) is 0. The van der Waals surface area contributed by atoms with E-state index in [1.54, 1.807) is 0 Å². The molecule has 0 aliphatic heterocycles. The zero-order valence-corrected chi connectivity index (χ0v) is 8.39. The second kappa shape index (κ2) is 6.16. The van der Waals surface area contributed by atoms with E-state index < -0.39 is 7.25 Å². The Bertz CT molecular complexity index is 37.6. The minimum atomic E-state index is -6.00. The fourth-order valence-electron chi connectivity index (χ4n) is 0. The first-order valence-corrected chi connectivity index (χ1v) is 0.873. The Balaban J connectivity index is -0.00000000533. The summed E-state index contributed by atoms with van der Waals surface area (Å²) in [6.07, 6.45) is 0. The van der Waals surface area contributed by atoms with Gasteiger partial charge in [0.25, 0.3) is 0 Å². The molecule has 0 saturated heterocycles. The standard InChI is InChI=1S/BF4.Mg.Sr.4H/c2-1(3,4)5;;;;;;/q-1;2*+2;4*-1. The molecule has 0 bridgehead atoms. The average molecular weight is 203 g/mol. The van der Waals surface area contributed by atoms with Crippen LogP contribution >= 0.6 is 0 Å². The summed E-state index contributed by atoms with van der Waals surface area (Å²) in [5.41, 5.74) is 0. The molecule has 7 heavy (non-hydrogen) atoms. The van der Waals surface area contributed by atoms with Crippen molar-refractivity contribution in [3.63, 3.8) is 0 Å². The van der Waals surface area contributed by atoms with E-state index in [2.05, 4.69) is 0 Å². The van der Waals surface area contributed by atoms with Crippen LogP contribution in [-0.2, 0) is 0 Å². The third-order valence-corrected chi connectivity index (χ3v) is 0. The number of hydrogen-bond donors (Lipinski definition) is 0. The average Bonchev–Trinajstić information content (AvgIpc) is 0.722. The van der Waals surface area contributed by atoms with E-state index in [0.29, 0.717) is 0 Å². The second-order valence-corrected chi connectivity index (χ2v) is 0.495. The Morgan fingerprint density at radius 2 is 1.00 bits per heavy atom. The summed E-state index contributed by atoms with van der Waals surface area (Å²) in [7, 11) is -6.00. The van der Waals surface area contributed by atoms with Gasteiger partial charge in [0.15, 0.2) is 0 Å². The first kappa shape index (κ1) is 16.0. The SMILES string of the molecule is F[B-](F)(F)F.[H-].[H-].[H-].[H-].[Mg+2].[Sr+2]. The van der Waals surface area contributed by atoms with E-state index >= 15 is 0 Å². The Morgan fingerprint density at radius 1 is 1.00 bits per heavy atom. The van der Waals surface area contributed by atoms with Gasteiger partial charge in [-0.1, -0.05) is 0 Å². The summed E-state index contributed by atoms with van der Waals surface area (Å²) in [4.78, 5) is 0. The number of halogens is 4.